The molecule has 2 aromatic carbocycles. The molecule has 4 rings (SSSR count). The van der Waals surface area contributed by atoms with Crippen molar-refractivity contribution in [2.45, 2.75) is 51.0 Å². The highest BCUT2D eigenvalue weighted by Crippen LogP contribution is 2.39. The monoisotopic (exact) mass is 665 g/mol. The molecule has 45 heavy (non-hydrogen) atoms. The molecule has 0 aromatic heterocycles. The lowest BCUT2D eigenvalue weighted by Gasteiger charge is -2.42. The molecule has 2 amide bonds. The Hall–Kier alpha value is -3.20. The second-order valence-electron chi connectivity index (χ2n) is 11.9. The van der Waals surface area contributed by atoms with Crippen LogP contribution in [0.4, 0.5) is 30.7 Å². The molecule has 0 spiro atoms. The molecule has 0 bridgehead atoms. The summed E-state index contributed by atoms with van der Waals surface area (Å²) in [5.74, 6) is -3.44. The van der Waals surface area contributed by atoms with E-state index in [1.807, 2.05) is 0 Å². The summed E-state index contributed by atoms with van der Waals surface area (Å²) in [5, 5.41) is 0. The van der Waals surface area contributed by atoms with Crippen LogP contribution in [0.1, 0.15) is 53.0 Å². The van der Waals surface area contributed by atoms with Crippen molar-refractivity contribution in [1.29, 1.82) is 0 Å². The number of likely N-dealkylation sites (tertiary alicyclic amines) is 1. The van der Waals surface area contributed by atoms with E-state index in [0.717, 1.165) is 11.2 Å². The van der Waals surface area contributed by atoms with Gasteiger partial charge in [-0.2, -0.15) is 26.3 Å². The Labute approximate surface area is 257 Å². The molecule has 7 nitrogen and oxygen atoms in total. The summed E-state index contributed by atoms with van der Waals surface area (Å²) in [6.07, 6.45) is -7.92. The summed E-state index contributed by atoms with van der Waals surface area (Å²) in [6, 6.07) is 5.15. The Morgan fingerprint density at radius 1 is 0.933 bits per heavy atom. The zero-order chi connectivity index (χ0) is 33.5. The van der Waals surface area contributed by atoms with Crippen molar-refractivity contribution in [2.24, 2.45) is 11.8 Å². The van der Waals surface area contributed by atoms with Crippen LogP contribution in [-0.4, -0.2) is 73.8 Å². The van der Waals surface area contributed by atoms with E-state index in [4.69, 9.17) is 0 Å². The van der Waals surface area contributed by atoms with Gasteiger partial charge in [0.05, 0.1) is 23.3 Å². The molecule has 3 atom stereocenters. The number of carbonyl (C=O) groups is 2. The van der Waals surface area contributed by atoms with Crippen LogP contribution in [0.3, 0.4) is 0 Å². The van der Waals surface area contributed by atoms with Crippen LogP contribution >= 0.6 is 0 Å². The van der Waals surface area contributed by atoms with E-state index in [9.17, 15) is 48.7 Å². The third kappa shape index (κ3) is 8.15. The Morgan fingerprint density at radius 3 is 2.11 bits per heavy atom. The second-order valence-corrected chi connectivity index (χ2v) is 13.8. The quantitative estimate of drug-likeness (QED) is 0.386. The van der Waals surface area contributed by atoms with Crippen LogP contribution in [-0.2, 0) is 38.5 Å². The Bertz CT molecular complexity index is 1510. The standard InChI is InChI=1S/C30H34F7N3O4S/c1-18-11-23(31)6-7-24(18)26-17-39(27(41)20-5-4-9-40(16-20)45(3,43)44)10-8-25(26)28(42)38(2)15-19-12-21(29(32,33)34)14-22(13-19)30(35,36)37/h6-7,11-14,20,25-26H,4-5,8-10,15-17H2,1-3H3/t20?,25-,26+/m1/s1. The number of carbonyl (C=O) groups excluding carboxylic acids is 2. The number of aryl methyl sites for hydroxylation is 1. The van der Waals surface area contributed by atoms with Crippen molar-refractivity contribution in [1.82, 2.24) is 14.1 Å². The molecule has 1 unspecified atom stereocenters. The normalized spacial score (nSPS) is 21.9. The average molecular weight is 666 g/mol. The first-order valence-corrected chi connectivity index (χ1v) is 16.1. The summed E-state index contributed by atoms with van der Waals surface area (Å²) in [4.78, 5) is 30.0. The number of piperidine rings is 2. The van der Waals surface area contributed by atoms with Gasteiger partial charge in [0.25, 0.3) is 0 Å². The first-order chi connectivity index (χ1) is 20.8. The minimum atomic E-state index is -5.04. The van der Waals surface area contributed by atoms with Gasteiger partial charge in [-0.05, 0) is 73.2 Å². The Morgan fingerprint density at radius 2 is 1.56 bits per heavy atom. The maximum Gasteiger partial charge on any atom is 0.416 e. The fourth-order valence-corrected chi connectivity index (χ4v) is 7.18. The molecule has 2 saturated heterocycles. The molecule has 2 aromatic rings. The average Bonchev–Trinajstić information content (AvgIpc) is 2.94. The molecule has 15 heteroatoms. The van der Waals surface area contributed by atoms with E-state index >= 15 is 0 Å². The Balaban J connectivity index is 1.60. The summed E-state index contributed by atoms with van der Waals surface area (Å²) in [7, 11) is -2.23. The number of nitrogens with zero attached hydrogens (tertiary/aromatic N) is 3. The summed E-state index contributed by atoms with van der Waals surface area (Å²) in [5.41, 5.74) is -2.26. The first-order valence-electron chi connectivity index (χ1n) is 14.3. The molecule has 0 radical (unpaired) electrons. The van der Waals surface area contributed by atoms with Crippen molar-refractivity contribution in [3.05, 3.63) is 70.0 Å². The van der Waals surface area contributed by atoms with Gasteiger partial charge in [0, 0.05) is 51.6 Å². The number of rotatable bonds is 6. The van der Waals surface area contributed by atoms with Gasteiger partial charge >= 0.3 is 12.4 Å². The van der Waals surface area contributed by atoms with Crippen molar-refractivity contribution < 1.29 is 48.7 Å². The number of hydrogen-bond donors (Lipinski definition) is 0. The van der Waals surface area contributed by atoms with Crippen LogP contribution in [0.25, 0.3) is 0 Å². The number of hydrogen-bond acceptors (Lipinski definition) is 4. The zero-order valence-electron chi connectivity index (χ0n) is 24.9. The number of benzene rings is 2. The molecule has 2 heterocycles. The zero-order valence-corrected chi connectivity index (χ0v) is 25.7. The second kappa shape index (κ2) is 12.9. The molecule has 2 aliphatic rings. The predicted molar refractivity (Wildman–Crippen MR) is 151 cm³/mol. The topological polar surface area (TPSA) is 78.0 Å². The highest BCUT2D eigenvalue weighted by Gasteiger charge is 2.42. The van der Waals surface area contributed by atoms with E-state index in [0.29, 0.717) is 42.6 Å². The van der Waals surface area contributed by atoms with Crippen LogP contribution in [0.15, 0.2) is 36.4 Å². The van der Waals surface area contributed by atoms with Crippen LogP contribution in [0, 0.1) is 24.6 Å². The van der Waals surface area contributed by atoms with E-state index in [2.05, 4.69) is 0 Å². The van der Waals surface area contributed by atoms with Gasteiger partial charge in [-0.15, -0.1) is 0 Å². The Kier molecular flexibility index (Phi) is 9.93. The molecule has 0 saturated carbocycles. The lowest BCUT2D eigenvalue weighted by Crippen LogP contribution is -2.51. The largest absolute Gasteiger partial charge is 0.416 e. The van der Waals surface area contributed by atoms with Crippen LogP contribution in [0.5, 0.6) is 0 Å². The molecule has 0 aliphatic carbocycles. The lowest BCUT2D eigenvalue weighted by atomic mass is 9.78. The smallest absolute Gasteiger partial charge is 0.342 e. The van der Waals surface area contributed by atoms with Crippen LogP contribution in [0.2, 0.25) is 0 Å². The highest BCUT2D eigenvalue weighted by atomic mass is 32.2. The van der Waals surface area contributed by atoms with Crippen molar-refractivity contribution >= 4 is 21.8 Å². The summed E-state index contributed by atoms with van der Waals surface area (Å²) < 4.78 is 120. The van der Waals surface area contributed by atoms with Gasteiger partial charge in [-0.3, -0.25) is 9.59 Å². The summed E-state index contributed by atoms with van der Waals surface area (Å²) in [6.45, 7) is 1.58. The number of amides is 2. The first kappa shape index (κ1) is 34.7. The van der Waals surface area contributed by atoms with Gasteiger partial charge in [0.1, 0.15) is 5.82 Å². The molecule has 0 N–H and O–H groups in total. The molecule has 2 fully saturated rings. The van der Waals surface area contributed by atoms with Crippen molar-refractivity contribution in [3.63, 3.8) is 0 Å². The van der Waals surface area contributed by atoms with Gasteiger partial charge in [-0.25, -0.2) is 17.1 Å². The van der Waals surface area contributed by atoms with E-state index < -0.39 is 69.5 Å². The maximum absolute atomic E-state index is 14.0. The highest BCUT2D eigenvalue weighted by molar-refractivity contribution is 7.88. The molecule has 248 valence electrons. The van der Waals surface area contributed by atoms with Crippen molar-refractivity contribution in [3.8, 4) is 0 Å². The third-order valence-corrected chi connectivity index (χ3v) is 9.79. The van der Waals surface area contributed by atoms with Gasteiger partial charge in [-0.1, -0.05) is 6.07 Å². The fourth-order valence-electron chi connectivity index (χ4n) is 6.27. The van der Waals surface area contributed by atoms with Gasteiger partial charge in [0.2, 0.25) is 21.8 Å². The van der Waals surface area contributed by atoms with Gasteiger partial charge < -0.3 is 9.80 Å². The molecular formula is C30H34F7N3O4S. The minimum Gasteiger partial charge on any atom is -0.342 e. The van der Waals surface area contributed by atoms with Gasteiger partial charge in [0.15, 0.2) is 0 Å². The third-order valence-electron chi connectivity index (χ3n) is 8.52. The fraction of sp³-hybridized carbons (Fsp3) is 0.533. The predicted octanol–water partition coefficient (Wildman–Crippen LogP) is 5.43. The maximum atomic E-state index is 14.0. The minimum absolute atomic E-state index is 0.0207. The lowest BCUT2D eigenvalue weighted by molar-refractivity contribution is -0.144. The SMILES string of the molecule is Cc1cc(F)ccc1[C@@H]1CN(C(=O)C2CCCN(S(C)(=O)=O)C2)CC[C@H]1C(=O)N(C)Cc1cc(C(F)(F)F)cc(C(F)(F)F)c1. The molecule has 2 aliphatic heterocycles. The van der Waals surface area contributed by atoms with E-state index in [1.165, 1.54) is 29.6 Å². The van der Waals surface area contributed by atoms with E-state index in [1.54, 1.807) is 11.8 Å². The summed E-state index contributed by atoms with van der Waals surface area (Å²) >= 11 is 0. The molecular weight excluding hydrogens is 631 g/mol. The van der Waals surface area contributed by atoms with Crippen molar-refractivity contribution in [2.75, 3.05) is 39.5 Å². The number of sulfonamides is 1. The van der Waals surface area contributed by atoms with Crippen LogP contribution < -0.4 is 0 Å². The van der Waals surface area contributed by atoms with E-state index in [-0.39, 0.29) is 43.6 Å². The number of halogens is 7. The number of alkyl halides is 6.